The highest BCUT2D eigenvalue weighted by molar-refractivity contribution is 5.95. The van der Waals surface area contributed by atoms with Crippen LogP contribution >= 0.6 is 0 Å². The number of aromatic nitrogens is 3. The SMILES string of the molecule is Cc1nc(C(CC(=O)c2cc(O[C@@H](C)C(F)(F)F)c(C3CC3)cn2)C(C)(C)C)no1. The first kappa shape index (κ1) is 22.2. The van der Waals surface area contributed by atoms with Gasteiger partial charge in [-0.1, -0.05) is 25.9 Å². The predicted molar refractivity (Wildman–Crippen MR) is 103 cm³/mol. The fraction of sp³-hybridized carbons (Fsp3) is 0.619. The number of ketones is 1. The molecule has 0 N–H and O–H groups in total. The van der Waals surface area contributed by atoms with Crippen molar-refractivity contribution in [2.45, 2.75) is 78.0 Å². The average molecular weight is 425 g/mol. The maximum Gasteiger partial charge on any atom is 0.425 e. The van der Waals surface area contributed by atoms with Gasteiger partial charge in [0.15, 0.2) is 17.7 Å². The maximum atomic E-state index is 13.0. The Balaban J connectivity index is 1.87. The van der Waals surface area contributed by atoms with Crippen LogP contribution in [0.25, 0.3) is 0 Å². The molecule has 1 aliphatic rings. The van der Waals surface area contributed by atoms with Crippen LogP contribution in [-0.4, -0.2) is 33.2 Å². The van der Waals surface area contributed by atoms with E-state index >= 15 is 0 Å². The number of hydrogen-bond acceptors (Lipinski definition) is 6. The highest BCUT2D eigenvalue weighted by Gasteiger charge is 2.40. The van der Waals surface area contributed by atoms with Crippen LogP contribution in [0.5, 0.6) is 5.75 Å². The highest BCUT2D eigenvalue weighted by Crippen LogP contribution is 2.45. The van der Waals surface area contributed by atoms with E-state index in [9.17, 15) is 18.0 Å². The summed E-state index contributed by atoms with van der Waals surface area (Å²) in [5, 5.41) is 3.95. The van der Waals surface area contributed by atoms with E-state index in [1.165, 1.54) is 12.3 Å². The number of hydrogen-bond donors (Lipinski definition) is 0. The summed E-state index contributed by atoms with van der Waals surface area (Å²) in [6.07, 6.45) is -3.23. The van der Waals surface area contributed by atoms with Gasteiger partial charge in [0.25, 0.3) is 0 Å². The lowest BCUT2D eigenvalue weighted by Crippen LogP contribution is -2.31. The van der Waals surface area contributed by atoms with Gasteiger partial charge in [-0.3, -0.25) is 9.78 Å². The van der Waals surface area contributed by atoms with Crippen LogP contribution in [0.3, 0.4) is 0 Å². The van der Waals surface area contributed by atoms with Crippen molar-refractivity contribution in [3.8, 4) is 5.75 Å². The molecule has 3 rings (SSSR count). The van der Waals surface area contributed by atoms with E-state index in [0.717, 1.165) is 19.8 Å². The third-order valence-corrected chi connectivity index (χ3v) is 5.25. The van der Waals surface area contributed by atoms with Gasteiger partial charge in [-0.2, -0.15) is 18.2 Å². The Morgan fingerprint density at radius 3 is 2.47 bits per heavy atom. The number of halogens is 3. The molecule has 0 bridgehead atoms. The fourth-order valence-corrected chi connectivity index (χ4v) is 3.19. The van der Waals surface area contributed by atoms with E-state index in [0.29, 0.717) is 17.3 Å². The molecule has 2 aromatic rings. The Bertz CT molecular complexity index is 914. The molecular formula is C21H26F3N3O3. The van der Waals surface area contributed by atoms with Gasteiger partial charge in [-0.05, 0) is 31.1 Å². The van der Waals surface area contributed by atoms with E-state index < -0.39 is 12.3 Å². The summed E-state index contributed by atoms with van der Waals surface area (Å²) in [4.78, 5) is 21.5. The topological polar surface area (TPSA) is 78.1 Å². The molecule has 0 spiro atoms. The van der Waals surface area contributed by atoms with Crippen molar-refractivity contribution in [2.24, 2.45) is 5.41 Å². The van der Waals surface area contributed by atoms with Crippen molar-refractivity contribution in [2.75, 3.05) is 0 Å². The molecule has 1 fully saturated rings. The number of ether oxygens (including phenoxy) is 1. The van der Waals surface area contributed by atoms with Crippen LogP contribution in [0.1, 0.15) is 86.6 Å². The van der Waals surface area contributed by atoms with Gasteiger partial charge in [0, 0.05) is 37.1 Å². The second-order valence-corrected chi connectivity index (χ2v) is 8.90. The summed E-state index contributed by atoms with van der Waals surface area (Å²) in [5.74, 6) is 0.362. The smallest absolute Gasteiger partial charge is 0.425 e. The number of pyridine rings is 1. The van der Waals surface area contributed by atoms with E-state index in [2.05, 4.69) is 15.1 Å². The Kier molecular flexibility index (Phi) is 5.93. The van der Waals surface area contributed by atoms with Crippen molar-refractivity contribution < 1.29 is 27.2 Å². The first-order chi connectivity index (χ1) is 13.9. The highest BCUT2D eigenvalue weighted by atomic mass is 19.4. The summed E-state index contributed by atoms with van der Waals surface area (Å²) in [7, 11) is 0. The number of alkyl halides is 3. The Morgan fingerprint density at radius 2 is 1.97 bits per heavy atom. The second-order valence-electron chi connectivity index (χ2n) is 8.90. The zero-order valence-electron chi connectivity index (χ0n) is 17.7. The zero-order valence-corrected chi connectivity index (χ0v) is 17.7. The molecule has 2 atom stereocenters. The molecule has 0 aromatic carbocycles. The molecule has 2 heterocycles. The minimum atomic E-state index is -4.50. The van der Waals surface area contributed by atoms with Gasteiger partial charge < -0.3 is 9.26 Å². The quantitative estimate of drug-likeness (QED) is 0.554. The second kappa shape index (κ2) is 8.00. The Labute approximate surface area is 173 Å². The van der Waals surface area contributed by atoms with Crippen molar-refractivity contribution >= 4 is 5.78 Å². The van der Waals surface area contributed by atoms with Crippen LogP contribution in [0.2, 0.25) is 0 Å². The lowest BCUT2D eigenvalue weighted by molar-refractivity contribution is -0.189. The van der Waals surface area contributed by atoms with E-state index in [-0.39, 0.29) is 40.9 Å². The average Bonchev–Trinajstić information content (AvgIpc) is 3.38. The number of aryl methyl sites for hydroxylation is 1. The fourth-order valence-electron chi connectivity index (χ4n) is 3.19. The van der Waals surface area contributed by atoms with E-state index in [1.807, 2.05) is 20.8 Å². The molecule has 1 unspecified atom stereocenters. The number of carbonyl (C=O) groups excluding carboxylic acids is 1. The molecule has 2 aromatic heterocycles. The number of carbonyl (C=O) groups is 1. The van der Waals surface area contributed by atoms with Crippen LogP contribution < -0.4 is 4.74 Å². The summed E-state index contributed by atoms with van der Waals surface area (Å²) in [5.41, 5.74) is 0.339. The van der Waals surface area contributed by atoms with Gasteiger partial charge in [-0.15, -0.1) is 0 Å². The van der Waals surface area contributed by atoms with Crippen molar-refractivity contribution in [3.63, 3.8) is 0 Å². The third kappa shape index (κ3) is 5.17. The third-order valence-electron chi connectivity index (χ3n) is 5.25. The molecular weight excluding hydrogens is 399 g/mol. The monoisotopic (exact) mass is 425 g/mol. The molecule has 30 heavy (non-hydrogen) atoms. The van der Waals surface area contributed by atoms with Crippen LogP contribution in [0, 0.1) is 12.3 Å². The first-order valence-electron chi connectivity index (χ1n) is 9.93. The Hall–Kier alpha value is -2.45. The van der Waals surface area contributed by atoms with Gasteiger partial charge in [0.1, 0.15) is 11.4 Å². The number of Topliss-reactive ketones (excluding diaryl/α,β-unsaturated/α-hetero) is 1. The van der Waals surface area contributed by atoms with E-state index in [4.69, 9.17) is 9.26 Å². The zero-order chi connectivity index (χ0) is 22.3. The van der Waals surface area contributed by atoms with Crippen LogP contribution in [-0.2, 0) is 0 Å². The Morgan fingerprint density at radius 1 is 1.30 bits per heavy atom. The molecule has 1 aliphatic carbocycles. The first-order valence-corrected chi connectivity index (χ1v) is 9.93. The van der Waals surface area contributed by atoms with Crippen molar-refractivity contribution in [1.82, 2.24) is 15.1 Å². The normalized spacial score (nSPS) is 16.9. The molecule has 0 radical (unpaired) electrons. The molecule has 0 aliphatic heterocycles. The summed E-state index contributed by atoms with van der Waals surface area (Å²) >= 11 is 0. The number of nitrogens with zero attached hydrogens (tertiary/aromatic N) is 3. The van der Waals surface area contributed by atoms with Gasteiger partial charge >= 0.3 is 6.18 Å². The van der Waals surface area contributed by atoms with Gasteiger partial charge in [0.2, 0.25) is 5.89 Å². The van der Waals surface area contributed by atoms with Crippen molar-refractivity contribution in [1.29, 1.82) is 0 Å². The minimum Gasteiger partial charge on any atom is -0.481 e. The van der Waals surface area contributed by atoms with Gasteiger partial charge in [0.05, 0.1) is 0 Å². The summed E-state index contributed by atoms with van der Waals surface area (Å²) in [6.45, 7) is 8.49. The largest absolute Gasteiger partial charge is 0.481 e. The molecule has 0 saturated heterocycles. The lowest BCUT2D eigenvalue weighted by Gasteiger charge is -2.27. The predicted octanol–water partition coefficient (Wildman–Crippen LogP) is 5.38. The molecule has 9 heteroatoms. The van der Waals surface area contributed by atoms with E-state index in [1.54, 1.807) is 6.92 Å². The molecule has 0 amide bonds. The summed E-state index contributed by atoms with van der Waals surface area (Å²) in [6, 6.07) is 1.33. The van der Waals surface area contributed by atoms with Crippen LogP contribution in [0.15, 0.2) is 16.8 Å². The molecule has 164 valence electrons. The molecule has 6 nitrogen and oxygen atoms in total. The minimum absolute atomic E-state index is 0.0481. The lowest BCUT2D eigenvalue weighted by atomic mass is 9.77. The number of rotatable bonds is 7. The molecule has 1 saturated carbocycles. The van der Waals surface area contributed by atoms with Gasteiger partial charge in [-0.25, -0.2) is 0 Å². The maximum absolute atomic E-state index is 13.0. The summed E-state index contributed by atoms with van der Waals surface area (Å²) < 4.78 is 49.3. The standard InChI is InChI=1S/C21H26F3N3O3/c1-11(21(22,23)24)29-18-9-16(25-10-14(18)13-6-7-13)17(28)8-15(20(3,4)5)19-26-12(2)30-27-19/h9-11,13,15H,6-8H2,1-5H3/t11-,15?/m0/s1. The van der Waals surface area contributed by atoms with Crippen molar-refractivity contribution in [3.05, 3.63) is 35.2 Å². The van der Waals surface area contributed by atoms with Crippen LogP contribution in [0.4, 0.5) is 13.2 Å².